The predicted octanol–water partition coefficient (Wildman–Crippen LogP) is 3.20. The number of sulfonamides is 1. The summed E-state index contributed by atoms with van der Waals surface area (Å²) in [4.78, 5) is 14.5. The van der Waals surface area contributed by atoms with Crippen molar-refractivity contribution in [1.29, 1.82) is 0 Å². The molecule has 1 heterocycles. The van der Waals surface area contributed by atoms with Gasteiger partial charge in [-0.2, -0.15) is 0 Å². The SMILES string of the molecule is Cc1ccc(/C=C/C(=O)c2cccc(S(=O)(=O)N(C)C)c2)s1. The lowest BCUT2D eigenvalue weighted by Gasteiger charge is -2.11. The summed E-state index contributed by atoms with van der Waals surface area (Å²) in [6, 6.07) is 10.0. The van der Waals surface area contributed by atoms with Crippen LogP contribution in [-0.2, 0) is 10.0 Å². The molecule has 0 saturated carbocycles. The molecule has 0 saturated heterocycles. The number of thiophene rings is 1. The van der Waals surface area contributed by atoms with Crippen LogP contribution >= 0.6 is 11.3 Å². The molecule has 4 nitrogen and oxygen atoms in total. The molecule has 1 aromatic heterocycles. The normalized spacial score (nSPS) is 12.2. The molecule has 0 aliphatic rings. The second-order valence-electron chi connectivity index (χ2n) is 4.96. The zero-order valence-electron chi connectivity index (χ0n) is 12.6. The van der Waals surface area contributed by atoms with E-state index in [9.17, 15) is 13.2 Å². The Morgan fingerprint density at radius 2 is 1.91 bits per heavy atom. The van der Waals surface area contributed by atoms with Gasteiger partial charge in [-0.05, 0) is 43.3 Å². The zero-order chi connectivity index (χ0) is 16.3. The average molecular weight is 335 g/mol. The van der Waals surface area contributed by atoms with Crippen LogP contribution in [0.25, 0.3) is 6.08 Å². The Kier molecular flexibility index (Phi) is 4.95. The molecule has 0 amide bonds. The fraction of sp³-hybridized carbons (Fsp3) is 0.188. The highest BCUT2D eigenvalue weighted by Crippen LogP contribution is 2.18. The van der Waals surface area contributed by atoms with Crippen LogP contribution in [-0.4, -0.2) is 32.6 Å². The van der Waals surface area contributed by atoms with E-state index in [1.165, 1.54) is 37.2 Å². The van der Waals surface area contributed by atoms with Crippen molar-refractivity contribution >= 4 is 33.2 Å². The van der Waals surface area contributed by atoms with Gasteiger partial charge in [0.1, 0.15) is 0 Å². The summed E-state index contributed by atoms with van der Waals surface area (Å²) < 4.78 is 25.3. The first-order chi connectivity index (χ1) is 10.3. The average Bonchev–Trinajstić information content (AvgIpc) is 2.90. The summed E-state index contributed by atoms with van der Waals surface area (Å²) in [6.45, 7) is 2.00. The van der Waals surface area contributed by atoms with Gasteiger partial charge in [0.25, 0.3) is 0 Å². The summed E-state index contributed by atoms with van der Waals surface area (Å²) >= 11 is 1.59. The van der Waals surface area contributed by atoms with E-state index in [4.69, 9.17) is 0 Å². The van der Waals surface area contributed by atoms with Crippen LogP contribution in [0.4, 0.5) is 0 Å². The summed E-state index contributed by atoms with van der Waals surface area (Å²) in [7, 11) is -0.615. The second-order valence-corrected chi connectivity index (χ2v) is 8.43. The molecule has 0 atom stereocenters. The molecule has 2 rings (SSSR count). The first kappa shape index (κ1) is 16.6. The van der Waals surface area contributed by atoms with Gasteiger partial charge in [0.2, 0.25) is 10.0 Å². The summed E-state index contributed by atoms with van der Waals surface area (Å²) in [6.07, 6.45) is 3.21. The maximum Gasteiger partial charge on any atom is 0.242 e. The predicted molar refractivity (Wildman–Crippen MR) is 89.7 cm³/mol. The molecular weight excluding hydrogens is 318 g/mol. The number of benzene rings is 1. The Bertz CT molecular complexity index is 817. The van der Waals surface area contributed by atoms with Crippen molar-refractivity contribution in [2.75, 3.05) is 14.1 Å². The van der Waals surface area contributed by atoms with Crippen LogP contribution in [0.15, 0.2) is 47.4 Å². The van der Waals surface area contributed by atoms with E-state index >= 15 is 0 Å². The van der Waals surface area contributed by atoms with E-state index < -0.39 is 10.0 Å². The van der Waals surface area contributed by atoms with Gasteiger partial charge in [0, 0.05) is 29.4 Å². The van der Waals surface area contributed by atoms with E-state index in [2.05, 4.69) is 0 Å². The largest absolute Gasteiger partial charge is 0.289 e. The van der Waals surface area contributed by atoms with Crippen LogP contribution in [0.3, 0.4) is 0 Å². The highest BCUT2D eigenvalue weighted by Gasteiger charge is 2.18. The van der Waals surface area contributed by atoms with Crippen LogP contribution in [0.1, 0.15) is 20.1 Å². The molecule has 0 N–H and O–H groups in total. The minimum absolute atomic E-state index is 0.115. The maximum absolute atomic E-state index is 12.2. The first-order valence-corrected chi connectivity index (χ1v) is 8.88. The van der Waals surface area contributed by atoms with E-state index in [0.717, 1.165) is 9.18 Å². The molecule has 6 heteroatoms. The Hall–Kier alpha value is -1.76. The standard InChI is InChI=1S/C16H17NO3S2/c1-12-7-8-14(21-12)9-10-16(18)13-5-4-6-15(11-13)22(19,20)17(2)3/h4-11H,1-3H3/b10-9+. The highest BCUT2D eigenvalue weighted by molar-refractivity contribution is 7.89. The lowest BCUT2D eigenvalue weighted by atomic mass is 10.1. The molecular formula is C16H17NO3S2. The molecule has 0 aliphatic heterocycles. The van der Waals surface area contributed by atoms with Gasteiger partial charge in [0.15, 0.2) is 5.78 Å². The molecule has 2 aromatic rings. The molecule has 0 bridgehead atoms. The minimum Gasteiger partial charge on any atom is -0.289 e. The lowest BCUT2D eigenvalue weighted by molar-refractivity contribution is 0.104. The number of nitrogens with zero attached hydrogens (tertiary/aromatic N) is 1. The van der Waals surface area contributed by atoms with Gasteiger partial charge in [-0.25, -0.2) is 12.7 Å². The summed E-state index contributed by atoms with van der Waals surface area (Å²) in [5.74, 6) is -0.221. The fourth-order valence-corrected chi connectivity index (χ4v) is 3.55. The van der Waals surface area contributed by atoms with Gasteiger partial charge in [-0.15, -0.1) is 11.3 Å². The molecule has 0 spiro atoms. The molecule has 0 radical (unpaired) electrons. The van der Waals surface area contributed by atoms with Crippen LogP contribution in [0.2, 0.25) is 0 Å². The van der Waals surface area contributed by atoms with Crippen molar-refractivity contribution < 1.29 is 13.2 Å². The van der Waals surface area contributed by atoms with E-state index in [-0.39, 0.29) is 10.7 Å². The van der Waals surface area contributed by atoms with Crippen molar-refractivity contribution in [1.82, 2.24) is 4.31 Å². The van der Waals surface area contributed by atoms with Crippen LogP contribution in [0, 0.1) is 6.92 Å². The minimum atomic E-state index is -3.54. The van der Waals surface area contributed by atoms with Gasteiger partial charge >= 0.3 is 0 Å². The van der Waals surface area contributed by atoms with E-state index in [1.807, 2.05) is 19.1 Å². The van der Waals surface area contributed by atoms with Crippen LogP contribution < -0.4 is 0 Å². The number of rotatable bonds is 5. The Labute approximate surface area is 134 Å². The smallest absolute Gasteiger partial charge is 0.242 e. The lowest BCUT2D eigenvalue weighted by Crippen LogP contribution is -2.22. The highest BCUT2D eigenvalue weighted by atomic mass is 32.2. The molecule has 0 unspecified atom stereocenters. The number of hydrogen-bond donors (Lipinski definition) is 0. The van der Waals surface area contributed by atoms with Gasteiger partial charge < -0.3 is 0 Å². The van der Waals surface area contributed by atoms with Crippen molar-refractivity contribution in [3.05, 3.63) is 57.8 Å². The van der Waals surface area contributed by atoms with E-state index in [0.29, 0.717) is 5.56 Å². The Balaban J connectivity index is 2.26. The second kappa shape index (κ2) is 6.56. The van der Waals surface area contributed by atoms with Crippen molar-refractivity contribution in [3.63, 3.8) is 0 Å². The summed E-state index contributed by atoms with van der Waals surface area (Å²) in [5, 5.41) is 0. The van der Waals surface area contributed by atoms with Crippen molar-refractivity contribution in [3.8, 4) is 0 Å². The third kappa shape index (κ3) is 3.71. The molecule has 1 aromatic carbocycles. The first-order valence-electron chi connectivity index (χ1n) is 6.62. The van der Waals surface area contributed by atoms with Gasteiger partial charge in [-0.3, -0.25) is 4.79 Å². The number of ketones is 1. The third-order valence-electron chi connectivity index (χ3n) is 3.06. The number of hydrogen-bond acceptors (Lipinski definition) is 4. The summed E-state index contributed by atoms with van der Waals surface area (Å²) in [5.41, 5.74) is 0.354. The third-order valence-corrected chi connectivity index (χ3v) is 5.83. The zero-order valence-corrected chi connectivity index (χ0v) is 14.2. The van der Waals surface area contributed by atoms with Gasteiger partial charge in [0.05, 0.1) is 4.90 Å². The number of carbonyl (C=O) groups excluding carboxylic acids is 1. The van der Waals surface area contributed by atoms with Gasteiger partial charge in [-0.1, -0.05) is 12.1 Å². The van der Waals surface area contributed by atoms with Crippen molar-refractivity contribution in [2.24, 2.45) is 0 Å². The Morgan fingerprint density at radius 1 is 1.18 bits per heavy atom. The Morgan fingerprint density at radius 3 is 2.50 bits per heavy atom. The topological polar surface area (TPSA) is 54.5 Å². The fourth-order valence-electron chi connectivity index (χ4n) is 1.82. The molecule has 116 valence electrons. The molecule has 22 heavy (non-hydrogen) atoms. The molecule has 0 fully saturated rings. The number of aryl methyl sites for hydroxylation is 1. The maximum atomic E-state index is 12.2. The van der Waals surface area contributed by atoms with Crippen LogP contribution in [0.5, 0.6) is 0 Å². The van der Waals surface area contributed by atoms with E-state index in [1.54, 1.807) is 29.5 Å². The molecule has 0 aliphatic carbocycles. The number of allylic oxidation sites excluding steroid dienone is 1. The van der Waals surface area contributed by atoms with Crippen molar-refractivity contribution in [2.45, 2.75) is 11.8 Å². The number of carbonyl (C=O) groups is 1. The quantitative estimate of drug-likeness (QED) is 0.623. The monoisotopic (exact) mass is 335 g/mol.